The van der Waals surface area contributed by atoms with Crippen LogP contribution in [0.4, 0.5) is 4.79 Å². The first-order chi connectivity index (χ1) is 7.29. The number of hydrogen-bond donors (Lipinski definition) is 2. The van der Waals surface area contributed by atoms with Crippen LogP contribution < -0.4 is 10.6 Å². The molecule has 2 amide bonds. The topological polar surface area (TPSA) is 44.4 Å². The van der Waals surface area contributed by atoms with Crippen molar-refractivity contribution in [3.8, 4) is 0 Å². The Labute approximate surface area is 91.4 Å². The highest BCUT2D eigenvalue weighted by atomic mass is 16.2. The van der Waals surface area contributed by atoms with Crippen LogP contribution in [0.15, 0.2) is 0 Å². The van der Waals surface area contributed by atoms with Crippen LogP contribution >= 0.6 is 0 Å². The molecule has 0 radical (unpaired) electrons. The van der Waals surface area contributed by atoms with E-state index in [-0.39, 0.29) is 6.03 Å². The largest absolute Gasteiger partial charge is 0.335 e. The summed E-state index contributed by atoms with van der Waals surface area (Å²) < 4.78 is 0. The van der Waals surface area contributed by atoms with Gasteiger partial charge < -0.3 is 15.5 Å². The first-order valence-corrected chi connectivity index (χ1v) is 5.99. The van der Waals surface area contributed by atoms with Crippen LogP contribution in [-0.2, 0) is 0 Å². The minimum Gasteiger partial charge on any atom is -0.335 e. The Morgan fingerprint density at radius 1 is 1.27 bits per heavy atom. The zero-order valence-corrected chi connectivity index (χ0v) is 9.46. The number of amides is 2. The van der Waals surface area contributed by atoms with Crippen LogP contribution in [0.5, 0.6) is 0 Å². The Balaban J connectivity index is 1.69. The molecule has 0 aromatic heterocycles. The Morgan fingerprint density at radius 2 is 1.93 bits per heavy atom. The minimum atomic E-state index is 0.153. The van der Waals surface area contributed by atoms with Crippen molar-refractivity contribution in [2.75, 3.05) is 26.7 Å². The first-order valence-electron chi connectivity index (χ1n) is 5.99. The predicted molar refractivity (Wildman–Crippen MR) is 59.8 cm³/mol. The second-order valence-electron chi connectivity index (χ2n) is 4.71. The SMILES string of the molecule is CNCC1CCN(C(=O)NC2CC2)CC1. The summed E-state index contributed by atoms with van der Waals surface area (Å²) in [4.78, 5) is 13.7. The van der Waals surface area contributed by atoms with Gasteiger partial charge in [0.2, 0.25) is 0 Å². The van der Waals surface area contributed by atoms with Crippen LogP contribution in [0.2, 0.25) is 0 Å². The van der Waals surface area contributed by atoms with Gasteiger partial charge in [0.25, 0.3) is 0 Å². The zero-order valence-electron chi connectivity index (χ0n) is 9.46. The molecule has 0 bridgehead atoms. The molecular formula is C11H21N3O. The van der Waals surface area contributed by atoms with Crippen LogP contribution in [0.25, 0.3) is 0 Å². The highest BCUT2D eigenvalue weighted by molar-refractivity contribution is 5.74. The van der Waals surface area contributed by atoms with Gasteiger partial charge >= 0.3 is 6.03 Å². The van der Waals surface area contributed by atoms with E-state index >= 15 is 0 Å². The van der Waals surface area contributed by atoms with Gasteiger partial charge in [0.05, 0.1) is 0 Å². The summed E-state index contributed by atoms with van der Waals surface area (Å²) in [6.45, 7) is 2.92. The maximum absolute atomic E-state index is 11.7. The molecule has 2 rings (SSSR count). The lowest BCUT2D eigenvalue weighted by Gasteiger charge is -2.31. The zero-order chi connectivity index (χ0) is 10.7. The number of piperidine rings is 1. The van der Waals surface area contributed by atoms with E-state index in [4.69, 9.17) is 0 Å². The molecule has 4 heteroatoms. The number of nitrogens with one attached hydrogen (secondary N) is 2. The Hall–Kier alpha value is -0.770. The summed E-state index contributed by atoms with van der Waals surface area (Å²) in [5.74, 6) is 0.750. The van der Waals surface area contributed by atoms with Crippen molar-refractivity contribution in [2.24, 2.45) is 5.92 Å². The third kappa shape index (κ3) is 3.09. The molecule has 0 unspecified atom stereocenters. The number of hydrogen-bond acceptors (Lipinski definition) is 2. The third-order valence-electron chi connectivity index (χ3n) is 3.30. The summed E-state index contributed by atoms with van der Waals surface area (Å²) >= 11 is 0. The van der Waals surface area contributed by atoms with Gasteiger partial charge in [0.1, 0.15) is 0 Å². The summed E-state index contributed by atoms with van der Waals surface area (Å²) in [6, 6.07) is 0.632. The van der Waals surface area contributed by atoms with Gasteiger partial charge in [-0.1, -0.05) is 0 Å². The fourth-order valence-electron chi connectivity index (χ4n) is 2.12. The van der Waals surface area contributed by atoms with E-state index in [1.165, 1.54) is 12.8 Å². The Morgan fingerprint density at radius 3 is 2.47 bits per heavy atom. The molecule has 1 aliphatic carbocycles. The predicted octanol–water partition coefficient (Wildman–Crippen LogP) is 0.790. The molecule has 0 aromatic carbocycles. The van der Waals surface area contributed by atoms with E-state index < -0.39 is 0 Å². The molecule has 1 heterocycles. The number of likely N-dealkylation sites (tertiary alicyclic amines) is 1. The number of rotatable bonds is 3. The van der Waals surface area contributed by atoms with E-state index in [1.807, 2.05) is 11.9 Å². The van der Waals surface area contributed by atoms with E-state index in [0.29, 0.717) is 6.04 Å². The molecule has 1 saturated carbocycles. The maximum atomic E-state index is 11.7. The van der Waals surface area contributed by atoms with E-state index in [9.17, 15) is 4.79 Å². The monoisotopic (exact) mass is 211 g/mol. The maximum Gasteiger partial charge on any atom is 0.317 e. The van der Waals surface area contributed by atoms with Gasteiger partial charge in [0, 0.05) is 19.1 Å². The van der Waals surface area contributed by atoms with Gasteiger partial charge in [0.15, 0.2) is 0 Å². The van der Waals surface area contributed by atoms with Crippen molar-refractivity contribution in [2.45, 2.75) is 31.7 Å². The summed E-state index contributed by atoms with van der Waals surface area (Å²) in [5, 5.41) is 6.25. The van der Waals surface area contributed by atoms with E-state index in [0.717, 1.165) is 38.4 Å². The van der Waals surface area contributed by atoms with Crippen molar-refractivity contribution >= 4 is 6.03 Å². The summed E-state index contributed by atoms with van der Waals surface area (Å²) in [5.41, 5.74) is 0. The number of carbonyl (C=O) groups is 1. The molecule has 86 valence electrons. The van der Waals surface area contributed by atoms with Gasteiger partial charge in [-0.25, -0.2) is 4.79 Å². The lowest BCUT2D eigenvalue weighted by molar-refractivity contribution is 0.170. The van der Waals surface area contributed by atoms with Crippen molar-refractivity contribution in [3.05, 3.63) is 0 Å². The second-order valence-corrected chi connectivity index (χ2v) is 4.71. The summed E-state index contributed by atoms with van der Waals surface area (Å²) in [7, 11) is 1.99. The first kappa shape index (κ1) is 10.7. The summed E-state index contributed by atoms with van der Waals surface area (Å²) in [6.07, 6.45) is 4.61. The Kier molecular flexibility index (Phi) is 3.46. The van der Waals surface area contributed by atoms with E-state index in [2.05, 4.69) is 10.6 Å². The molecule has 1 saturated heterocycles. The molecule has 2 aliphatic rings. The normalized spacial score (nSPS) is 22.9. The lowest BCUT2D eigenvalue weighted by atomic mass is 9.97. The van der Waals surface area contributed by atoms with Crippen LogP contribution in [-0.4, -0.2) is 43.7 Å². The molecule has 1 aliphatic heterocycles. The standard InChI is InChI=1S/C11H21N3O/c1-12-8-9-4-6-14(7-5-9)11(15)13-10-2-3-10/h9-10,12H,2-8H2,1H3,(H,13,15). The molecule has 0 spiro atoms. The fourth-order valence-corrected chi connectivity index (χ4v) is 2.12. The second kappa shape index (κ2) is 4.84. The van der Waals surface area contributed by atoms with Crippen molar-refractivity contribution in [1.82, 2.24) is 15.5 Å². The quantitative estimate of drug-likeness (QED) is 0.725. The van der Waals surface area contributed by atoms with Crippen LogP contribution in [0.3, 0.4) is 0 Å². The average molecular weight is 211 g/mol. The van der Waals surface area contributed by atoms with Crippen LogP contribution in [0, 0.1) is 5.92 Å². The molecular weight excluding hydrogens is 190 g/mol. The minimum absolute atomic E-state index is 0.153. The molecule has 2 fully saturated rings. The van der Waals surface area contributed by atoms with Crippen molar-refractivity contribution < 1.29 is 4.79 Å². The average Bonchev–Trinajstić information content (AvgIpc) is 3.03. The van der Waals surface area contributed by atoms with Gasteiger partial charge in [-0.05, 0) is 45.2 Å². The van der Waals surface area contributed by atoms with Crippen molar-refractivity contribution in [1.29, 1.82) is 0 Å². The number of nitrogens with zero attached hydrogens (tertiary/aromatic N) is 1. The highest BCUT2D eigenvalue weighted by Crippen LogP contribution is 2.20. The smallest absolute Gasteiger partial charge is 0.317 e. The molecule has 15 heavy (non-hydrogen) atoms. The van der Waals surface area contributed by atoms with E-state index in [1.54, 1.807) is 0 Å². The molecule has 2 N–H and O–H groups in total. The highest BCUT2D eigenvalue weighted by Gasteiger charge is 2.27. The van der Waals surface area contributed by atoms with Gasteiger partial charge in [-0.15, -0.1) is 0 Å². The van der Waals surface area contributed by atoms with Crippen molar-refractivity contribution in [3.63, 3.8) is 0 Å². The fraction of sp³-hybridized carbons (Fsp3) is 0.909. The molecule has 4 nitrogen and oxygen atoms in total. The van der Waals surface area contributed by atoms with Gasteiger partial charge in [-0.3, -0.25) is 0 Å². The number of carbonyl (C=O) groups excluding carboxylic acids is 1. The number of urea groups is 1. The Bertz CT molecular complexity index is 220. The molecule has 0 atom stereocenters. The lowest BCUT2D eigenvalue weighted by Crippen LogP contribution is -2.46. The third-order valence-corrected chi connectivity index (χ3v) is 3.30. The molecule has 0 aromatic rings. The van der Waals surface area contributed by atoms with Crippen LogP contribution in [0.1, 0.15) is 25.7 Å². The van der Waals surface area contributed by atoms with Gasteiger partial charge in [-0.2, -0.15) is 0 Å².